The van der Waals surface area contributed by atoms with Gasteiger partial charge in [-0.3, -0.25) is 0 Å². The van der Waals surface area contributed by atoms with Crippen molar-refractivity contribution in [1.29, 1.82) is 0 Å². The highest BCUT2D eigenvalue weighted by Gasteiger charge is 2.19. The summed E-state index contributed by atoms with van der Waals surface area (Å²) in [5, 5.41) is 0. The summed E-state index contributed by atoms with van der Waals surface area (Å²) in [6.07, 6.45) is 0. The van der Waals surface area contributed by atoms with Gasteiger partial charge in [0.05, 0.1) is 0 Å². The highest BCUT2D eigenvalue weighted by molar-refractivity contribution is 6.46. The van der Waals surface area contributed by atoms with Crippen molar-refractivity contribution in [2.45, 2.75) is 12.5 Å². The molecular formula is C5H14NO2Si. The van der Waals surface area contributed by atoms with Crippen molar-refractivity contribution in [2.24, 2.45) is 5.73 Å². The smallest absolute Gasteiger partial charge is 0.388 e. The van der Waals surface area contributed by atoms with Crippen LogP contribution in [0.4, 0.5) is 0 Å². The molecule has 0 aliphatic heterocycles. The van der Waals surface area contributed by atoms with Crippen molar-refractivity contribution in [2.75, 3.05) is 20.8 Å². The van der Waals surface area contributed by atoms with Crippen molar-refractivity contribution < 1.29 is 8.85 Å². The zero-order chi connectivity index (χ0) is 7.28. The lowest BCUT2D eigenvalue weighted by Crippen LogP contribution is -2.29. The zero-order valence-corrected chi connectivity index (χ0v) is 7.18. The number of hydrogen-bond acceptors (Lipinski definition) is 3. The van der Waals surface area contributed by atoms with Gasteiger partial charge in [0.2, 0.25) is 0 Å². The molecule has 0 fully saturated rings. The molecule has 1 radical (unpaired) electrons. The molecule has 0 amide bonds. The van der Waals surface area contributed by atoms with Gasteiger partial charge in [-0.25, -0.2) is 0 Å². The predicted molar refractivity (Wildman–Crippen MR) is 38.3 cm³/mol. The molecule has 0 aromatic rings. The molecule has 0 bridgehead atoms. The maximum absolute atomic E-state index is 5.39. The van der Waals surface area contributed by atoms with E-state index in [1.54, 1.807) is 14.2 Å². The molecule has 9 heavy (non-hydrogen) atoms. The van der Waals surface area contributed by atoms with Crippen molar-refractivity contribution in [3.8, 4) is 0 Å². The Labute approximate surface area is 58.0 Å². The fraction of sp³-hybridized carbons (Fsp3) is 1.00. The first-order chi connectivity index (χ1) is 4.26. The third kappa shape index (κ3) is 2.95. The van der Waals surface area contributed by atoms with Gasteiger partial charge in [-0.2, -0.15) is 0 Å². The zero-order valence-electron chi connectivity index (χ0n) is 6.18. The van der Waals surface area contributed by atoms with E-state index in [0.29, 0.717) is 12.1 Å². The molecule has 0 aliphatic carbocycles. The summed E-state index contributed by atoms with van der Waals surface area (Å²) in [6.45, 7) is 2.66. The van der Waals surface area contributed by atoms with Crippen LogP contribution in [0.25, 0.3) is 0 Å². The minimum atomic E-state index is -1.08. The summed E-state index contributed by atoms with van der Waals surface area (Å²) in [4.78, 5) is 0. The molecule has 4 heteroatoms. The maximum atomic E-state index is 5.39. The molecule has 0 saturated heterocycles. The normalized spacial score (nSPS) is 14.3. The molecule has 55 valence electrons. The van der Waals surface area contributed by atoms with E-state index in [-0.39, 0.29) is 0 Å². The molecule has 0 heterocycles. The summed E-state index contributed by atoms with van der Waals surface area (Å²) in [7, 11) is 2.24. The Balaban J connectivity index is 3.50. The van der Waals surface area contributed by atoms with Crippen LogP contribution < -0.4 is 5.73 Å². The summed E-state index contributed by atoms with van der Waals surface area (Å²) < 4.78 is 10.1. The molecule has 0 aliphatic rings. The molecule has 2 N–H and O–H groups in total. The van der Waals surface area contributed by atoms with Gasteiger partial charge in [-0.1, -0.05) is 6.92 Å². The predicted octanol–water partition coefficient (Wildman–Crippen LogP) is 0.116. The first-order valence-electron chi connectivity index (χ1n) is 2.91. The van der Waals surface area contributed by atoms with Crippen LogP contribution in [-0.4, -0.2) is 30.0 Å². The minimum absolute atomic E-state index is 0.366. The van der Waals surface area contributed by atoms with E-state index >= 15 is 0 Å². The molecular weight excluding hydrogens is 134 g/mol. The maximum Gasteiger partial charge on any atom is 0.388 e. The molecule has 1 atom stereocenters. The van der Waals surface area contributed by atoms with Gasteiger partial charge in [0.15, 0.2) is 0 Å². The fourth-order valence-electron chi connectivity index (χ4n) is 0.582. The number of hydrogen-bond donors (Lipinski definition) is 1. The first-order valence-corrected chi connectivity index (χ1v) is 4.30. The van der Waals surface area contributed by atoms with Crippen molar-refractivity contribution in [3.05, 3.63) is 0 Å². The van der Waals surface area contributed by atoms with E-state index in [1.807, 2.05) is 6.92 Å². The Hall–Kier alpha value is 0.0969. The molecule has 1 unspecified atom stereocenters. The molecule has 0 saturated carbocycles. The van der Waals surface area contributed by atoms with Gasteiger partial charge in [0.1, 0.15) is 0 Å². The van der Waals surface area contributed by atoms with Crippen molar-refractivity contribution in [1.82, 2.24) is 0 Å². The summed E-state index contributed by atoms with van der Waals surface area (Å²) in [6, 6.07) is 0. The summed E-state index contributed by atoms with van der Waals surface area (Å²) in [5.74, 6) is 0. The lowest BCUT2D eigenvalue weighted by atomic mass is 10.5. The van der Waals surface area contributed by atoms with E-state index in [2.05, 4.69) is 0 Å². The van der Waals surface area contributed by atoms with E-state index < -0.39 is 9.28 Å². The van der Waals surface area contributed by atoms with E-state index in [0.717, 1.165) is 0 Å². The SMILES string of the molecule is CO[Si](OC)C(C)CN. The lowest BCUT2D eigenvalue weighted by molar-refractivity contribution is 0.268. The van der Waals surface area contributed by atoms with Crippen LogP contribution in [0.3, 0.4) is 0 Å². The topological polar surface area (TPSA) is 44.5 Å². The largest absolute Gasteiger partial charge is 0.397 e. The Morgan fingerprint density at radius 1 is 1.44 bits per heavy atom. The van der Waals surface area contributed by atoms with E-state index in [4.69, 9.17) is 14.6 Å². The van der Waals surface area contributed by atoms with Crippen LogP contribution in [0.5, 0.6) is 0 Å². The molecule has 3 nitrogen and oxygen atoms in total. The van der Waals surface area contributed by atoms with Gasteiger partial charge >= 0.3 is 9.28 Å². The van der Waals surface area contributed by atoms with Gasteiger partial charge in [-0.05, 0) is 6.54 Å². The Kier molecular flexibility index (Phi) is 4.98. The fourth-order valence-corrected chi connectivity index (χ4v) is 1.75. The van der Waals surface area contributed by atoms with Crippen LogP contribution in [0, 0.1) is 0 Å². The molecule has 0 rings (SSSR count). The average Bonchev–Trinajstić information content (AvgIpc) is 1.90. The minimum Gasteiger partial charge on any atom is -0.397 e. The van der Waals surface area contributed by atoms with Crippen molar-refractivity contribution in [3.63, 3.8) is 0 Å². The van der Waals surface area contributed by atoms with Crippen molar-refractivity contribution >= 4 is 9.28 Å². The standard InChI is InChI=1S/C5H14NO2Si/c1-5(4-6)9(7-2)8-3/h5H,4,6H2,1-3H3. The second kappa shape index (κ2) is 4.93. The third-order valence-electron chi connectivity index (χ3n) is 1.16. The van der Waals surface area contributed by atoms with Gasteiger partial charge < -0.3 is 14.6 Å². The Morgan fingerprint density at radius 2 is 1.89 bits per heavy atom. The second-order valence-corrected chi connectivity index (χ2v) is 4.30. The second-order valence-electron chi connectivity index (χ2n) is 1.86. The van der Waals surface area contributed by atoms with Gasteiger partial charge in [0.25, 0.3) is 0 Å². The number of nitrogens with two attached hydrogens (primary N) is 1. The highest BCUT2D eigenvalue weighted by Crippen LogP contribution is 2.06. The first kappa shape index (κ1) is 9.10. The van der Waals surface area contributed by atoms with E-state index in [9.17, 15) is 0 Å². The Bertz CT molecular complexity index is 68.0. The average molecular weight is 148 g/mol. The summed E-state index contributed by atoms with van der Waals surface area (Å²) >= 11 is 0. The van der Waals surface area contributed by atoms with Crippen LogP contribution in [-0.2, 0) is 8.85 Å². The van der Waals surface area contributed by atoms with Crippen LogP contribution in [0.15, 0.2) is 0 Å². The lowest BCUT2D eigenvalue weighted by Gasteiger charge is -2.14. The summed E-state index contributed by atoms with van der Waals surface area (Å²) in [5.41, 5.74) is 5.76. The number of rotatable bonds is 4. The van der Waals surface area contributed by atoms with Gasteiger partial charge in [0, 0.05) is 19.8 Å². The van der Waals surface area contributed by atoms with Gasteiger partial charge in [-0.15, -0.1) is 0 Å². The van der Waals surface area contributed by atoms with Crippen LogP contribution in [0.2, 0.25) is 5.54 Å². The molecule has 0 aromatic heterocycles. The molecule has 0 aromatic carbocycles. The highest BCUT2D eigenvalue weighted by atomic mass is 28.3. The monoisotopic (exact) mass is 148 g/mol. The Morgan fingerprint density at radius 3 is 2.00 bits per heavy atom. The van der Waals surface area contributed by atoms with Crippen LogP contribution >= 0.6 is 0 Å². The molecule has 0 spiro atoms. The van der Waals surface area contributed by atoms with Crippen LogP contribution in [0.1, 0.15) is 6.92 Å². The third-order valence-corrected chi connectivity index (χ3v) is 3.00. The quantitative estimate of drug-likeness (QED) is 0.576. The van der Waals surface area contributed by atoms with E-state index in [1.165, 1.54) is 0 Å².